The number of nitrogens with zero attached hydrogens (tertiary/aromatic N) is 2. The second-order valence-electron chi connectivity index (χ2n) is 4.85. The third kappa shape index (κ3) is 2.50. The molecule has 3 aromatic heterocycles. The van der Waals surface area contributed by atoms with Crippen LogP contribution in [0.2, 0.25) is 0 Å². The number of rotatable bonds is 4. The largest absolute Gasteiger partial charge is 0.486 e. The predicted octanol–water partition coefficient (Wildman–Crippen LogP) is 2.69. The molecular formula is C15H15N3O2S. The molecule has 3 rings (SSSR count). The first kappa shape index (κ1) is 13.6. The molecule has 3 heterocycles. The lowest BCUT2D eigenvalue weighted by Gasteiger charge is -2.07. The number of ether oxygens (including phenoxy) is 1. The molecule has 5 nitrogen and oxygen atoms in total. The Morgan fingerprint density at radius 2 is 2.24 bits per heavy atom. The van der Waals surface area contributed by atoms with Crippen LogP contribution in [0.5, 0.6) is 5.75 Å². The number of aryl methyl sites for hydroxylation is 2. The molecule has 0 radical (unpaired) electrons. The molecule has 3 aromatic rings. The van der Waals surface area contributed by atoms with Gasteiger partial charge in [0, 0.05) is 5.52 Å². The number of carbonyl (C=O) groups excluding carboxylic acids is 1. The van der Waals surface area contributed by atoms with E-state index in [1.54, 1.807) is 27.4 Å². The summed E-state index contributed by atoms with van der Waals surface area (Å²) in [6, 6.07) is 5.72. The molecule has 21 heavy (non-hydrogen) atoms. The van der Waals surface area contributed by atoms with Crippen LogP contribution in [-0.4, -0.2) is 15.3 Å². The Morgan fingerprint density at radius 3 is 2.90 bits per heavy atom. The van der Waals surface area contributed by atoms with Crippen molar-refractivity contribution in [1.82, 2.24) is 9.38 Å². The Labute approximate surface area is 126 Å². The van der Waals surface area contributed by atoms with Crippen molar-refractivity contribution < 1.29 is 9.53 Å². The zero-order chi connectivity index (χ0) is 15.0. The van der Waals surface area contributed by atoms with Gasteiger partial charge < -0.3 is 14.9 Å². The summed E-state index contributed by atoms with van der Waals surface area (Å²) in [5.41, 5.74) is 10.5. The van der Waals surface area contributed by atoms with Crippen LogP contribution in [0, 0.1) is 13.8 Å². The van der Waals surface area contributed by atoms with Crippen molar-refractivity contribution in [1.29, 1.82) is 0 Å². The second-order valence-corrected chi connectivity index (χ2v) is 5.79. The lowest BCUT2D eigenvalue weighted by Crippen LogP contribution is -2.15. The average Bonchev–Trinajstić information content (AvgIpc) is 2.98. The van der Waals surface area contributed by atoms with Gasteiger partial charge >= 0.3 is 0 Å². The van der Waals surface area contributed by atoms with Gasteiger partial charge in [0.05, 0.1) is 22.3 Å². The molecule has 6 heteroatoms. The lowest BCUT2D eigenvalue weighted by atomic mass is 10.2. The molecule has 0 aromatic carbocycles. The summed E-state index contributed by atoms with van der Waals surface area (Å²) < 4.78 is 7.55. The Morgan fingerprint density at radius 1 is 1.43 bits per heavy atom. The zero-order valence-electron chi connectivity index (χ0n) is 11.8. The van der Waals surface area contributed by atoms with Crippen LogP contribution in [0.15, 0.2) is 29.9 Å². The van der Waals surface area contributed by atoms with Crippen molar-refractivity contribution in [3.8, 4) is 5.75 Å². The number of thiazole rings is 1. The fourth-order valence-corrected chi connectivity index (χ4v) is 2.98. The summed E-state index contributed by atoms with van der Waals surface area (Å²) in [5.74, 6) is 0.247. The van der Waals surface area contributed by atoms with Crippen LogP contribution in [0.25, 0.3) is 5.52 Å². The molecule has 2 N–H and O–H groups in total. The van der Waals surface area contributed by atoms with Gasteiger partial charge in [-0.15, -0.1) is 11.3 Å². The van der Waals surface area contributed by atoms with Gasteiger partial charge in [-0.25, -0.2) is 4.98 Å². The number of nitrogens with two attached hydrogens (primary N) is 1. The van der Waals surface area contributed by atoms with E-state index in [2.05, 4.69) is 4.98 Å². The van der Waals surface area contributed by atoms with Gasteiger partial charge in [-0.2, -0.15) is 0 Å². The fraction of sp³-hybridized carbons (Fsp3) is 0.200. The highest BCUT2D eigenvalue weighted by Gasteiger charge is 2.12. The maximum atomic E-state index is 11.6. The van der Waals surface area contributed by atoms with E-state index in [1.165, 1.54) is 0 Å². The van der Waals surface area contributed by atoms with Gasteiger partial charge in [0.15, 0.2) is 0 Å². The van der Waals surface area contributed by atoms with Crippen LogP contribution >= 0.6 is 11.3 Å². The topological polar surface area (TPSA) is 69.6 Å². The molecule has 1 amide bonds. The third-order valence-corrected chi connectivity index (χ3v) is 4.29. The van der Waals surface area contributed by atoms with Gasteiger partial charge in [-0.1, -0.05) is 0 Å². The van der Waals surface area contributed by atoms with Crippen LogP contribution in [0.3, 0.4) is 0 Å². The first-order chi connectivity index (χ1) is 10.1. The van der Waals surface area contributed by atoms with Crippen molar-refractivity contribution in [3.05, 3.63) is 51.7 Å². The first-order valence-electron chi connectivity index (χ1n) is 6.49. The van der Waals surface area contributed by atoms with Crippen molar-refractivity contribution in [3.63, 3.8) is 0 Å². The smallest absolute Gasteiger partial charge is 0.265 e. The third-order valence-electron chi connectivity index (χ3n) is 3.38. The Hall–Kier alpha value is -2.34. The van der Waals surface area contributed by atoms with Crippen LogP contribution in [0.1, 0.15) is 26.6 Å². The number of hydrogen-bond acceptors (Lipinski definition) is 4. The minimum atomic E-state index is -0.442. The molecule has 0 aliphatic rings. The minimum Gasteiger partial charge on any atom is -0.486 e. The monoisotopic (exact) mass is 301 g/mol. The molecule has 0 spiro atoms. The highest BCUT2D eigenvalue weighted by atomic mass is 32.1. The van der Waals surface area contributed by atoms with Gasteiger partial charge in [0.2, 0.25) is 0 Å². The average molecular weight is 301 g/mol. The van der Waals surface area contributed by atoms with E-state index in [9.17, 15) is 4.79 Å². The van der Waals surface area contributed by atoms with Crippen molar-refractivity contribution in [2.75, 3.05) is 0 Å². The van der Waals surface area contributed by atoms with E-state index in [1.807, 2.05) is 32.0 Å². The fourth-order valence-electron chi connectivity index (χ4n) is 2.30. The van der Waals surface area contributed by atoms with Gasteiger partial charge in [-0.05, 0) is 37.6 Å². The molecule has 0 aliphatic heterocycles. The highest BCUT2D eigenvalue weighted by Crippen LogP contribution is 2.22. The predicted molar refractivity (Wildman–Crippen MR) is 81.8 cm³/mol. The quantitative estimate of drug-likeness (QED) is 0.805. The van der Waals surface area contributed by atoms with Gasteiger partial charge in [0.1, 0.15) is 18.1 Å². The maximum absolute atomic E-state index is 11.6. The molecule has 0 fully saturated rings. The van der Waals surface area contributed by atoms with E-state index >= 15 is 0 Å². The zero-order valence-corrected chi connectivity index (χ0v) is 12.6. The number of pyridine rings is 1. The Kier molecular flexibility index (Phi) is 3.39. The van der Waals surface area contributed by atoms with Crippen LogP contribution in [-0.2, 0) is 6.61 Å². The first-order valence-corrected chi connectivity index (χ1v) is 7.37. The number of aromatic nitrogens is 2. The normalized spacial score (nSPS) is 11.0. The summed E-state index contributed by atoms with van der Waals surface area (Å²) in [4.78, 5) is 16.8. The summed E-state index contributed by atoms with van der Waals surface area (Å²) in [5, 5.41) is 0. The molecular weight excluding hydrogens is 286 g/mol. The Balaban J connectivity index is 1.91. The van der Waals surface area contributed by atoms with E-state index < -0.39 is 5.91 Å². The van der Waals surface area contributed by atoms with E-state index in [-0.39, 0.29) is 0 Å². The number of primary amides is 1. The summed E-state index contributed by atoms with van der Waals surface area (Å²) in [6.07, 6.45) is 1.79. The van der Waals surface area contributed by atoms with E-state index in [0.29, 0.717) is 18.1 Å². The van der Waals surface area contributed by atoms with Crippen molar-refractivity contribution in [2.45, 2.75) is 20.5 Å². The number of carbonyl (C=O) groups is 1. The second kappa shape index (κ2) is 5.21. The van der Waals surface area contributed by atoms with Gasteiger partial charge in [0.25, 0.3) is 5.91 Å². The summed E-state index contributed by atoms with van der Waals surface area (Å²) >= 11 is 1.57. The van der Waals surface area contributed by atoms with Crippen LogP contribution < -0.4 is 10.5 Å². The molecule has 0 saturated heterocycles. The van der Waals surface area contributed by atoms with Gasteiger partial charge in [-0.3, -0.25) is 4.79 Å². The highest BCUT2D eigenvalue weighted by molar-refractivity contribution is 7.09. The summed E-state index contributed by atoms with van der Waals surface area (Å²) in [7, 11) is 0. The number of fused-ring (bicyclic) bond motifs is 1. The minimum absolute atomic E-state index is 0.442. The van der Waals surface area contributed by atoms with Crippen LogP contribution in [0.4, 0.5) is 0 Å². The molecule has 0 bridgehead atoms. The number of amides is 1. The maximum Gasteiger partial charge on any atom is 0.265 e. The van der Waals surface area contributed by atoms with Crippen molar-refractivity contribution in [2.24, 2.45) is 5.73 Å². The van der Waals surface area contributed by atoms with E-state index in [4.69, 9.17) is 10.5 Å². The number of hydrogen-bond donors (Lipinski definition) is 1. The molecule has 0 atom stereocenters. The Bertz CT molecular complexity index is 820. The molecule has 0 aliphatic carbocycles. The standard InChI is InChI=1S/C15H15N3O2S/c1-9-5-11-3-4-12(6-18(11)14(9)15(16)19)20-7-13-10(2)17-8-21-13/h3-6,8H,7H2,1-2H3,(H2,16,19). The molecule has 108 valence electrons. The molecule has 0 unspecified atom stereocenters. The molecule has 0 saturated carbocycles. The lowest BCUT2D eigenvalue weighted by molar-refractivity contribution is 0.0994. The van der Waals surface area contributed by atoms with Crippen molar-refractivity contribution >= 4 is 22.8 Å². The van der Waals surface area contributed by atoms with E-state index in [0.717, 1.165) is 21.7 Å². The summed E-state index contributed by atoms with van der Waals surface area (Å²) in [6.45, 7) is 4.29. The SMILES string of the molecule is Cc1cc2ccc(OCc3scnc3C)cn2c1C(N)=O.